The first-order valence-electron chi connectivity index (χ1n) is 8.74. The number of hydrogen-bond acceptors (Lipinski definition) is 3. The molecule has 0 spiro atoms. The van der Waals surface area contributed by atoms with Gasteiger partial charge in [-0.2, -0.15) is 0 Å². The zero-order chi connectivity index (χ0) is 18.4. The number of methoxy groups -OCH3 is 1. The quantitative estimate of drug-likeness (QED) is 0.660. The summed E-state index contributed by atoms with van der Waals surface area (Å²) in [5.41, 5.74) is 0.609. The van der Waals surface area contributed by atoms with E-state index < -0.39 is 5.60 Å². The number of nitrogens with zero attached hydrogens (tertiary/aromatic N) is 1. The molecule has 0 radical (unpaired) electrons. The molecule has 2 aliphatic rings. The normalized spacial score (nSPS) is 25.8. The number of amides is 1. The highest BCUT2D eigenvalue weighted by atomic mass is 35.5. The molecule has 1 aromatic carbocycles. The van der Waals surface area contributed by atoms with Crippen molar-refractivity contribution in [3.63, 3.8) is 0 Å². The Morgan fingerprint density at radius 2 is 1.68 bits per heavy atom. The lowest BCUT2D eigenvalue weighted by molar-refractivity contribution is 0.00579. The minimum atomic E-state index is -0.472. The SMILES string of the molecule is COc1cc(Cl)c(Cl)cc1C1CC2CCC(C1)N2C(=O)OC(C)(C)C. The van der Waals surface area contributed by atoms with E-state index in [2.05, 4.69) is 0 Å². The van der Waals surface area contributed by atoms with Crippen molar-refractivity contribution in [2.45, 2.75) is 70.1 Å². The maximum atomic E-state index is 12.6. The van der Waals surface area contributed by atoms with E-state index in [1.165, 1.54) is 0 Å². The molecule has 0 aliphatic carbocycles. The zero-order valence-corrected chi connectivity index (χ0v) is 16.7. The molecule has 138 valence electrons. The molecular formula is C19H25Cl2NO3. The summed E-state index contributed by atoms with van der Waals surface area (Å²) in [4.78, 5) is 14.5. The van der Waals surface area contributed by atoms with Gasteiger partial charge in [0.25, 0.3) is 0 Å². The number of halogens is 2. The molecule has 1 aromatic rings. The number of fused-ring (bicyclic) bond motifs is 2. The highest BCUT2D eigenvalue weighted by molar-refractivity contribution is 6.42. The molecule has 0 N–H and O–H groups in total. The summed E-state index contributed by atoms with van der Waals surface area (Å²) in [5.74, 6) is 1.07. The van der Waals surface area contributed by atoms with Crippen molar-refractivity contribution in [3.05, 3.63) is 27.7 Å². The first-order valence-corrected chi connectivity index (χ1v) is 9.49. The number of rotatable bonds is 2. The smallest absolute Gasteiger partial charge is 0.410 e. The number of hydrogen-bond donors (Lipinski definition) is 0. The van der Waals surface area contributed by atoms with E-state index in [0.717, 1.165) is 37.0 Å². The van der Waals surface area contributed by atoms with Crippen LogP contribution in [0.25, 0.3) is 0 Å². The molecule has 6 heteroatoms. The van der Waals surface area contributed by atoms with Gasteiger partial charge in [-0.05, 0) is 64.0 Å². The van der Waals surface area contributed by atoms with Gasteiger partial charge in [0.05, 0.1) is 17.2 Å². The Morgan fingerprint density at radius 3 is 2.20 bits per heavy atom. The van der Waals surface area contributed by atoms with E-state index in [-0.39, 0.29) is 18.2 Å². The lowest BCUT2D eigenvalue weighted by Crippen LogP contribution is -2.48. The number of carbonyl (C=O) groups excluding carboxylic acids is 1. The van der Waals surface area contributed by atoms with Crippen molar-refractivity contribution in [1.82, 2.24) is 4.90 Å². The average molecular weight is 386 g/mol. The monoisotopic (exact) mass is 385 g/mol. The van der Waals surface area contributed by atoms with Crippen LogP contribution in [0.3, 0.4) is 0 Å². The van der Waals surface area contributed by atoms with Crippen molar-refractivity contribution < 1.29 is 14.3 Å². The van der Waals surface area contributed by atoms with E-state index in [1.54, 1.807) is 13.2 Å². The second-order valence-corrected chi connectivity index (χ2v) is 8.76. The van der Waals surface area contributed by atoms with Gasteiger partial charge in [0.1, 0.15) is 11.4 Å². The van der Waals surface area contributed by atoms with Gasteiger partial charge >= 0.3 is 6.09 Å². The van der Waals surface area contributed by atoms with Crippen LogP contribution < -0.4 is 4.74 Å². The Bertz CT molecular complexity index is 657. The predicted molar refractivity (Wildman–Crippen MR) is 99.9 cm³/mol. The van der Waals surface area contributed by atoms with Crippen LogP contribution >= 0.6 is 23.2 Å². The Morgan fingerprint density at radius 1 is 1.12 bits per heavy atom. The van der Waals surface area contributed by atoms with Crippen molar-refractivity contribution in [2.24, 2.45) is 0 Å². The summed E-state index contributed by atoms with van der Waals surface area (Å²) in [6.07, 6.45) is 3.63. The third-order valence-electron chi connectivity index (χ3n) is 5.05. The lowest BCUT2D eigenvalue weighted by Gasteiger charge is -2.40. The third kappa shape index (κ3) is 3.85. The van der Waals surface area contributed by atoms with Crippen molar-refractivity contribution in [1.29, 1.82) is 0 Å². The molecule has 4 nitrogen and oxygen atoms in total. The fourth-order valence-corrected chi connectivity index (χ4v) is 4.41. The Kier molecular flexibility index (Phi) is 5.13. The first-order chi connectivity index (χ1) is 11.7. The molecule has 0 aromatic heterocycles. The van der Waals surface area contributed by atoms with Gasteiger partial charge in [-0.15, -0.1) is 0 Å². The molecule has 2 heterocycles. The number of piperidine rings is 1. The summed E-state index contributed by atoms with van der Waals surface area (Å²) >= 11 is 12.3. The molecule has 3 rings (SSSR count). The fraction of sp³-hybridized carbons (Fsp3) is 0.632. The standard InChI is InChI=1S/C19H25Cl2NO3/c1-19(2,3)25-18(23)22-12-5-6-13(22)8-11(7-12)14-9-15(20)16(21)10-17(14)24-4/h9-13H,5-8H2,1-4H3. The van der Waals surface area contributed by atoms with Crippen molar-refractivity contribution in [2.75, 3.05) is 7.11 Å². The number of ether oxygens (including phenoxy) is 2. The topological polar surface area (TPSA) is 38.8 Å². The van der Waals surface area contributed by atoms with Gasteiger partial charge < -0.3 is 14.4 Å². The van der Waals surface area contributed by atoms with Crippen molar-refractivity contribution in [3.8, 4) is 5.75 Å². The molecule has 25 heavy (non-hydrogen) atoms. The van der Waals surface area contributed by atoms with Gasteiger partial charge in [0, 0.05) is 18.2 Å². The van der Waals surface area contributed by atoms with Gasteiger partial charge in [0.15, 0.2) is 0 Å². The largest absolute Gasteiger partial charge is 0.496 e. The Hall–Kier alpha value is -1.13. The van der Waals surface area contributed by atoms with E-state index in [9.17, 15) is 4.79 Å². The highest BCUT2D eigenvalue weighted by Gasteiger charge is 2.45. The summed E-state index contributed by atoms with van der Waals surface area (Å²) in [7, 11) is 1.65. The van der Waals surface area contributed by atoms with E-state index in [4.69, 9.17) is 32.7 Å². The maximum Gasteiger partial charge on any atom is 0.410 e. The minimum Gasteiger partial charge on any atom is -0.496 e. The second kappa shape index (κ2) is 6.88. The van der Waals surface area contributed by atoms with Gasteiger partial charge in [-0.25, -0.2) is 4.79 Å². The maximum absolute atomic E-state index is 12.6. The van der Waals surface area contributed by atoms with Crippen LogP contribution in [0.4, 0.5) is 4.79 Å². The number of benzene rings is 1. The summed E-state index contributed by atoms with van der Waals surface area (Å²) in [6, 6.07) is 4.10. The van der Waals surface area contributed by atoms with Crippen LogP contribution in [0, 0.1) is 0 Å². The van der Waals surface area contributed by atoms with Crippen LogP contribution in [-0.2, 0) is 4.74 Å². The minimum absolute atomic E-state index is 0.195. The molecular weight excluding hydrogens is 361 g/mol. The molecule has 1 amide bonds. The van der Waals surface area contributed by atoms with E-state index in [1.807, 2.05) is 31.7 Å². The second-order valence-electron chi connectivity index (χ2n) is 7.95. The summed E-state index contributed by atoms with van der Waals surface area (Å²) in [5, 5.41) is 1.04. The van der Waals surface area contributed by atoms with Crippen LogP contribution in [0.5, 0.6) is 5.75 Å². The van der Waals surface area contributed by atoms with Crippen LogP contribution in [-0.4, -0.2) is 35.8 Å². The average Bonchev–Trinajstić information content (AvgIpc) is 2.78. The van der Waals surface area contributed by atoms with Gasteiger partial charge in [0.2, 0.25) is 0 Å². The molecule has 0 saturated carbocycles. The van der Waals surface area contributed by atoms with Crippen molar-refractivity contribution >= 4 is 29.3 Å². The van der Waals surface area contributed by atoms with Gasteiger partial charge in [-0.1, -0.05) is 23.2 Å². The fourth-order valence-electron chi connectivity index (χ4n) is 4.08. The molecule has 2 unspecified atom stereocenters. The summed E-state index contributed by atoms with van der Waals surface area (Å²) < 4.78 is 11.1. The molecule has 2 atom stereocenters. The van der Waals surface area contributed by atoms with E-state index in [0.29, 0.717) is 16.0 Å². The summed E-state index contributed by atoms with van der Waals surface area (Å²) in [6.45, 7) is 5.71. The number of carbonyl (C=O) groups is 1. The van der Waals surface area contributed by atoms with Crippen LogP contribution in [0.2, 0.25) is 10.0 Å². The molecule has 2 bridgehead atoms. The molecule has 2 aliphatic heterocycles. The Labute approximate surface area is 159 Å². The Balaban J connectivity index is 1.81. The zero-order valence-electron chi connectivity index (χ0n) is 15.1. The molecule has 2 saturated heterocycles. The highest BCUT2D eigenvalue weighted by Crippen LogP contribution is 2.47. The van der Waals surface area contributed by atoms with Crippen LogP contribution in [0.15, 0.2) is 12.1 Å². The van der Waals surface area contributed by atoms with E-state index >= 15 is 0 Å². The molecule has 2 fully saturated rings. The van der Waals surface area contributed by atoms with Crippen LogP contribution in [0.1, 0.15) is 57.9 Å². The first kappa shape index (κ1) is 18.7. The lowest BCUT2D eigenvalue weighted by atomic mass is 9.84. The van der Waals surface area contributed by atoms with Gasteiger partial charge in [-0.3, -0.25) is 0 Å². The third-order valence-corrected chi connectivity index (χ3v) is 5.77. The predicted octanol–water partition coefficient (Wildman–Crippen LogP) is 5.65.